The summed E-state index contributed by atoms with van der Waals surface area (Å²) in [7, 11) is 0. The SMILES string of the molecule is Cc1ccc(C(=O)C(C)C#N)s1. The first-order valence-electron chi connectivity index (χ1n) is 3.65. The van der Waals surface area contributed by atoms with Crippen molar-refractivity contribution >= 4 is 17.1 Å². The van der Waals surface area contributed by atoms with Crippen molar-refractivity contribution < 1.29 is 4.79 Å². The third kappa shape index (κ3) is 1.72. The Morgan fingerprint density at radius 2 is 2.33 bits per heavy atom. The number of aryl methyl sites for hydroxylation is 1. The van der Waals surface area contributed by atoms with E-state index in [4.69, 9.17) is 5.26 Å². The lowest BCUT2D eigenvalue weighted by Gasteiger charge is -1.96. The molecule has 1 heterocycles. The Hall–Kier alpha value is -1.14. The van der Waals surface area contributed by atoms with Gasteiger partial charge in [-0.1, -0.05) is 0 Å². The molecule has 0 radical (unpaired) electrons. The topological polar surface area (TPSA) is 40.9 Å². The summed E-state index contributed by atoms with van der Waals surface area (Å²) in [5.41, 5.74) is 0. The first-order valence-corrected chi connectivity index (χ1v) is 4.47. The van der Waals surface area contributed by atoms with Crippen LogP contribution in [0.2, 0.25) is 0 Å². The van der Waals surface area contributed by atoms with E-state index >= 15 is 0 Å². The number of carbonyl (C=O) groups is 1. The average Bonchev–Trinajstić information content (AvgIpc) is 2.49. The molecule has 12 heavy (non-hydrogen) atoms. The van der Waals surface area contributed by atoms with E-state index in [0.29, 0.717) is 4.88 Å². The van der Waals surface area contributed by atoms with Crippen molar-refractivity contribution in [1.29, 1.82) is 5.26 Å². The van der Waals surface area contributed by atoms with Crippen LogP contribution in [0.4, 0.5) is 0 Å². The molecule has 1 aromatic rings. The zero-order valence-electron chi connectivity index (χ0n) is 7.00. The lowest BCUT2D eigenvalue weighted by molar-refractivity contribution is 0.0960. The van der Waals surface area contributed by atoms with E-state index in [1.165, 1.54) is 11.3 Å². The van der Waals surface area contributed by atoms with Crippen LogP contribution in [-0.2, 0) is 0 Å². The third-order valence-corrected chi connectivity index (χ3v) is 2.59. The molecule has 0 aliphatic carbocycles. The van der Waals surface area contributed by atoms with Crippen LogP contribution in [0.15, 0.2) is 12.1 Å². The van der Waals surface area contributed by atoms with Crippen LogP contribution < -0.4 is 0 Å². The minimum absolute atomic E-state index is 0.0735. The molecule has 0 saturated carbocycles. The van der Waals surface area contributed by atoms with Gasteiger partial charge in [0.15, 0.2) is 5.78 Å². The van der Waals surface area contributed by atoms with Crippen molar-refractivity contribution in [3.8, 4) is 6.07 Å². The monoisotopic (exact) mass is 179 g/mol. The second-order valence-electron chi connectivity index (χ2n) is 2.63. The Morgan fingerprint density at radius 3 is 2.75 bits per heavy atom. The van der Waals surface area contributed by atoms with Crippen LogP contribution in [0.5, 0.6) is 0 Å². The molecule has 3 heteroatoms. The number of carbonyl (C=O) groups excluding carboxylic acids is 1. The fourth-order valence-corrected chi connectivity index (χ4v) is 1.74. The zero-order chi connectivity index (χ0) is 9.14. The molecule has 0 aliphatic heterocycles. The molecule has 1 unspecified atom stereocenters. The van der Waals surface area contributed by atoms with E-state index in [0.717, 1.165) is 4.88 Å². The van der Waals surface area contributed by atoms with E-state index in [9.17, 15) is 4.79 Å². The lowest BCUT2D eigenvalue weighted by Crippen LogP contribution is -2.06. The summed E-state index contributed by atoms with van der Waals surface area (Å²) in [4.78, 5) is 13.2. The first kappa shape index (κ1) is 8.95. The zero-order valence-corrected chi connectivity index (χ0v) is 7.81. The maximum Gasteiger partial charge on any atom is 0.189 e. The Morgan fingerprint density at radius 1 is 1.67 bits per heavy atom. The van der Waals surface area contributed by atoms with Gasteiger partial charge in [0.05, 0.1) is 10.9 Å². The van der Waals surface area contributed by atoms with Gasteiger partial charge in [-0.25, -0.2) is 0 Å². The number of ketones is 1. The van der Waals surface area contributed by atoms with Gasteiger partial charge in [0, 0.05) is 4.88 Å². The van der Waals surface area contributed by atoms with Gasteiger partial charge in [-0.2, -0.15) is 5.26 Å². The minimum atomic E-state index is -0.525. The fraction of sp³-hybridized carbons (Fsp3) is 0.333. The molecule has 0 bridgehead atoms. The normalized spacial score (nSPS) is 12.1. The highest BCUT2D eigenvalue weighted by molar-refractivity contribution is 7.14. The molecular weight excluding hydrogens is 170 g/mol. The lowest BCUT2D eigenvalue weighted by atomic mass is 10.1. The van der Waals surface area contributed by atoms with E-state index in [1.54, 1.807) is 13.0 Å². The molecule has 62 valence electrons. The van der Waals surface area contributed by atoms with Gasteiger partial charge in [0.25, 0.3) is 0 Å². The predicted octanol–water partition coefficient (Wildman–Crippen LogP) is 2.40. The smallest absolute Gasteiger partial charge is 0.189 e. The van der Waals surface area contributed by atoms with E-state index in [2.05, 4.69) is 0 Å². The summed E-state index contributed by atoms with van der Waals surface area (Å²) in [5.74, 6) is -0.598. The van der Waals surface area contributed by atoms with Crippen molar-refractivity contribution in [3.05, 3.63) is 21.9 Å². The van der Waals surface area contributed by atoms with Crippen LogP contribution in [0.1, 0.15) is 21.5 Å². The van der Waals surface area contributed by atoms with Crippen molar-refractivity contribution in [3.63, 3.8) is 0 Å². The van der Waals surface area contributed by atoms with Gasteiger partial charge in [0.1, 0.15) is 5.92 Å². The average molecular weight is 179 g/mol. The number of nitriles is 1. The quantitative estimate of drug-likeness (QED) is 0.654. The summed E-state index contributed by atoms with van der Waals surface area (Å²) < 4.78 is 0. The molecule has 0 spiro atoms. The standard InChI is InChI=1S/C9H9NOS/c1-6(5-10)9(11)8-4-3-7(2)12-8/h3-4,6H,1-2H3. The molecular formula is C9H9NOS. The molecule has 0 amide bonds. The molecule has 1 atom stereocenters. The van der Waals surface area contributed by atoms with Crippen molar-refractivity contribution in [1.82, 2.24) is 0 Å². The Bertz CT molecular complexity index is 335. The molecule has 0 aromatic carbocycles. The minimum Gasteiger partial charge on any atom is -0.292 e. The number of thiophene rings is 1. The van der Waals surface area contributed by atoms with E-state index in [-0.39, 0.29) is 5.78 Å². The van der Waals surface area contributed by atoms with Crippen molar-refractivity contribution in [2.45, 2.75) is 13.8 Å². The maximum atomic E-state index is 11.4. The number of hydrogen-bond acceptors (Lipinski definition) is 3. The third-order valence-electron chi connectivity index (χ3n) is 1.57. The summed E-state index contributed by atoms with van der Waals surface area (Å²) >= 11 is 1.44. The van der Waals surface area contributed by atoms with E-state index in [1.807, 2.05) is 19.1 Å². The number of nitrogens with zero attached hydrogens (tertiary/aromatic N) is 1. The Balaban J connectivity index is 2.87. The highest BCUT2D eigenvalue weighted by Gasteiger charge is 2.15. The predicted molar refractivity (Wildman–Crippen MR) is 48.2 cm³/mol. The van der Waals surface area contributed by atoms with Crippen LogP contribution in [-0.4, -0.2) is 5.78 Å². The van der Waals surface area contributed by atoms with Crippen LogP contribution in [0.25, 0.3) is 0 Å². The largest absolute Gasteiger partial charge is 0.292 e. The summed E-state index contributed by atoms with van der Waals surface area (Å²) in [6.45, 7) is 3.57. The number of Topliss-reactive ketones (excluding diaryl/α,β-unsaturated/α-hetero) is 1. The molecule has 0 saturated heterocycles. The van der Waals surface area contributed by atoms with Crippen LogP contribution in [0.3, 0.4) is 0 Å². The van der Waals surface area contributed by atoms with Gasteiger partial charge in [-0.15, -0.1) is 11.3 Å². The molecule has 2 nitrogen and oxygen atoms in total. The van der Waals surface area contributed by atoms with Crippen LogP contribution >= 0.6 is 11.3 Å². The molecule has 1 rings (SSSR count). The number of hydrogen-bond donors (Lipinski definition) is 0. The maximum absolute atomic E-state index is 11.4. The van der Waals surface area contributed by atoms with Crippen molar-refractivity contribution in [2.24, 2.45) is 5.92 Å². The first-order chi connectivity index (χ1) is 5.65. The summed E-state index contributed by atoms with van der Waals surface area (Å²) in [6.07, 6.45) is 0. The summed E-state index contributed by atoms with van der Waals surface area (Å²) in [6, 6.07) is 5.59. The fourth-order valence-electron chi connectivity index (χ4n) is 0.839. The highest BCUT2D eigenvalue weighted by atomic mass is 32.1. The second-order valence-corrected chi connectivity index (χ2v) is 3.91. The Kier molecular flexibility index (Phi) is 2.61. The van der Waals surface area contributed by atoms with Gasteiger partial charge >= 0.3 is 0 Å². The van der Waals surface area contributed by atoms with Crippen LogP contribution in [0, 0.1) is 24.2 Å². The van der Waals surface area contributed by atoms with Gasteiger partial charge in [-0.05, 0) is 26.0 Å². The molecule has 0 N–H and O–H groups in total. The van der Waals surface area contributed by atoms with E-state index < -0.39 is 5.92 Å². The number of rotatable bonds is 2. The molecule has 1 aromatic heterocycles. The van der Waals surface area contributed by atoms with Crippen molar-refractivity contribution in [2.75, 3.05) is 0 Å². The van der Waals surface area contributed by atoms with Gasteiger partial charge < -0.3 is 0 Å². The highest BCUT2D eigenvalue weighted by Crippen LogP contribution is 2.18. The second kappa shape index (κ2) is 3.51. The summed E-state index contributed by atoms with van der Waals surface area (Å²) in [5, 5.41) is 8.51. The molecule has 0 aliphatic rings. The van der Waals surface area contributed by atoms with Gasteiger partial charge in [-0.3, -0.25) is 4.79 Å². The Labute approximate surface area is 75.5 Å². The van der Waals surface area contributed by atoms with Gasteiger partial charge in [0.2, 0.25) is 0 Å². The molecule has 0 fully saturated rings.